The van der Waals surface area contributed by atoms with Crippen molar-refractivity contribution in [1.29, 1.82) is 0 Å². The standard InChI is InChI=1S/C15H16ClN3O5S/c1-3-23-14(21)7-24-12-5-10(16)9(4-11(12)22-2)6-17-19-15-18-13(20)8-25-15/h4-6H,3,7-8H2,1-2H3,(H,18,19,20). The summed E-state index contributed by atoms with van der Waals surface area (Å²) in [5.74, 6) is 0.420. The number of nitrogens with one attached hydrogen (secondary N) is 1. The minimum Gasteiger partial charge on any atom is -0.493 e. The molecule has 1 N–H and O–H groups in total. The van der Waals surface area contributed by atoms with Crippen LogP contribution < -0.4 is 14.8 Å². The maximum Gasteiger partial charge on any atom is 0.344 e. The third-order valence-corrected chi connectivity index (χ3v) is 4.06. The zero-order valence-corrected chi connectivity index (χ0v) is 15.1. The van der Waals surface area contributed by atoms with E-state index in [0.29, 0.717) is 33.0 Å². The molecule has 10 heteroatoms. The van der Waals surface area contributed by atoms with E-state index in [1.54, 1.807) is 13.0 Å². The summed E-state index contributed by atoms with van der Waals surface area (Å²) in [4.78, 5) is 22.4. The van der Waals surface area contributed by atoms with Crippen LogP contribution in [-0.2, 0) is 14.3 Å². The summed E-state index contributed by atoms with van der Waals surface area (Å²) >= 11 is 7.45. The molecular weight excluding hydrogens is 370 g/mol. The van der Waals surface area contributed by atoms with Gasteiger partial charge in [0, 0.05) is 11.6 Å². The Hall–Kier alpha value is -2.26. The molecule has 0 unspecified atom stereocenters. The molecule has 1 heterocycles. The lowest BCUT2D eigenvalue weighted by atomic mass is 10.2. The number of amides is 1. The highest BCUT2D eigenvalue weighted by Crippen LogP contribution is 2.32. The number of rotatable bonds is 7. The Balaban J connectivity index is 2.10. The average molecular weight is 386 g/mol. The molecule has 0 aliphatic carbocycles. The zero-order chi connectivity index (χ0) is 18.2. The SMILES string of the molecule is CCOC(=O)COc1cc(Cl)c(C=NN=C2NC(=O)CS2)cc1OC. The van der Waals surface area contributed by atoms with E-state index in [-0.39, 0.29) is 19.1 Å². The first-order valence-corrected chi connectivity index (χ1v) is 8.59. The van der Waals surface area contributed by atoms with Crippen LogP contribution in [0.25, 0.3) is 0 Å². The topological polar surface area (TPSA) is 98.6 Å². The van der Waals surface area contributed by atoms with Crippen LogP contribution in [0, 0.1) is 0 Å². The van der Waals surface area contributed by atoms with Gasteiger partial charge in [-0.05, 0) is 13.0 Å². The average Bonchev–Trinajstić information content (AvgIpc) is 3.00. The van der Waals surface area contributed by atoms with Crippen LogP contribution in [0.4, 0.5) is 0 Å². The number of esters is 1. The van der Waals surface area contributed by atoms with Gasteiger partial charge in [0.15, 0.2) is 23.3 Å². The fourth-order valence-electron chi connectivity index (χ4n) is 1.78. The molecule has 1 aromatic carbocycles. The number of methoxy groups -OCH3 is 1. The smallest absolute Gasteiger partial charge is 0.344 e. The van der Waals surface area contributed by atoms with E-state index in [2.05, 4.69) is 15.5 Å². The Labute approximate surface area is 153 Å². The van der Waals surface area contributed by atoms with Crippen molar-refractivity contribution in [2.45, 2.75) is 6.92 Å². The maximum absolute atomic E-state index is 11.4. The summed E-state index contributed by atoms with van der Waals surface area (Å²) in [5.41, 5.74) is 0.542. The number of carbonyl (C=O) groups is 2. The van der Waals surface area contributed by atoms with Crippen molar-refractivity contribution in [3.05, 3.63) is 22.7 Å². The minimum atomic E-state index is -0.488. The Bertz CT molecular complexity index is 723. The third kappa shape index (κ3) is 5.64. The van der Waals surface area contributed by atoms with E-state index < -0.39 is 5.97 Å². The molecule has 1 aliphatic heterocycles. The van der Waals surface area contributed by atoms with Crippen LogP contribution in [0.2, 0.25) is 5.02 Å². The van der Waals surface area contributed by atoms with Crippen molar-refractivity contribution in [1.82, 2.24) is 5.32 Å². The van der Waals surface area contributed by atoms with Crippen molar-refractivity contribution in [3.8, 4) is 11.5 Å². The Morgan fingerprint density at radius 3 is 2.88 bits per heavy atom. The summed E-state index contributed by atoms with van der Waals surface area (Å²) in [6.07, 6.45) is 1.43. The van der Waals surface area contributed by atoms with Gasteiger partial charge in [-0.15, -0.1) is 5.10 Å². The van der Waals surface area contributed by atoms with E-state index in [1.807, 2.05) is 0 Å². The second-order valence-corrected chi connectivity index (χ2v) is 5.98. The van der Waals surface area contributed by atoms with Crippen molar-refractivity contribution >= 4 is 46.6 Å². The van der Waals surface area contributed by atoms with Crippen molar-refractivity contribution in [3.63, 3.8) is 0 Å². The largest absolute Gasteiger partial charge is 0.493 e. The molecule has 1 fully saturated rings. The molecular formula is C15H16ClN3O5S. The van der Waals surface area contributed by atoms with E-state index in [1.165, 1.54) is 31.2 Å². The van der Waals surface area contributed by atoms with Gasteiger partial charge in [0.25, 0.3) is 0 Å². The van der Waals surface area contributed by atoms with Crippen LogP contribution in [0.5, 0.6) is 11.5 Å². The molecule has 0 spiro atoms. The number of ether oxygens (including phenoxy) is 3. The number of thioether (sulfide) groups is 1. The molecule has 8 nitrogen and oxygen atoms in total. The van der Waals surface area contributed by atoms with Gasteiger partial charge in [-0.25, -0.2) is 4.79 Å². The number of hydrogen-bond acceptors (Lipinski definition) is 8. The monoisotopic (exact) mass is 385 g/mol. The lowest BCUT2D eigenvalue weighted by molar-refractivity contribution is -0.145. The van der Waals surface area contributed by atoms with Crippen LogP contribution in [0.1, 0.15) is 12.5 Å². The number of benzene rings is 1. The van der Waals surface area contributed by atoms with E-state index >= 15 is 0 Å². The lowest BCUT2D eigenvalue weighted by Gasteiger charge is -2.11. The summed E-state index contributed by atoms with van der Waals surface area (Å²) in [5, 5.41) is 11.1. The second kappa shape index (κ2) is 9.28. The van der Waals surface area contributed by atoms with Crippen LogP contribution in [-0.4, -0.2) is 49.3 Å². The van der Waals surface area contributed by atoms with Gasteiger partial charge in [-0.1, -0.05) is 23.4 Å². The molecule has 25 heavy (non-hydrogen) atoms. The van der Waals surface area contributed by atoms with Gasteiger partial charge in [-0.3, -0.25) is 4.79 Å². The Morgan fingerprint density at radius 2 is 2.24 bits per heavy atom. The maximum atomic E-state index is 11.4. The Morgan fingerprint density at radius 1 is 1.44 bits per heavy atom. The van der Waals surface area contributed by atoms with Gasteiger partial charge in [-0.2, -0.15) is 5.10 Å². The van der Waals surface area contributed by atoms with Gasteiger partial charge in [0.05, 0.1) is 30.7 Å². The predicted molar refractivity (Wildman–Crippen MR) is 95.8 cm³/mol. The summed E-state index contributed by atoms with van der Waals surface area (Å²) in [6.45, 7) is 1.73. The summed E-state index contributed by atoms with van der Waals surface area (Å²) in [7, 11) is 1.46. The van der Waals surface area contributed by atoms with Crippen molar-refractivity contribution < 1.29 is 23.8 Å². The molecule has 1 aliphatic rings. The predicted octanol–water partition coefficient (Wildman–Crippen LogP) is 1.84. The zero-order valence-electron chi connectivity index (χ0n) is 13.6. The van der Waals surface area contributed by atoms with Gasteiger partial charge < -0.3 is 19.5 Å². The molecule has 0 atom stereocenters. The van der Waals surface area contributed by atoms with Gasteiger partial charge >= 0.3 is 5.97 Å². The van der Waals surface area contributed by atoms with Crippen LogP contribution >= 0.6 is 23.4 Å². The number of nitrogens with zero attached hydrogens (tertiary/aromatic N) is 2. The highest BCUT2D eigenvalue weighted by molar-refractivity contribution is 8.15. The molecule has 0 radical (unpaired) electrons. The number of hydrogen-bond donors (Lipinski definition) is 1. The molecule has 1 saturated heterocycles. The fraction of sp³-hybridized carbons (Fsp3) is 0.333. The lowest BCUT2D eigenvalue weighted by Crippen LogP contribution is -2.19. The van der Waals surface area contributed by atoms with Crippen LogP contribution in [0.3, 0.4) is 0 Å². The first-order chi connectivity index (χ1) is 12.0. The first kappa shape index (κ1) is 19.1. The van der Waals surface area contributed by atoms with Gasteiger partial charge in [0.1, 0.15) is 0 Å². The Kier molecular flexibility index (Phi) is 7.08. The quantitative estimate of drug-likeness (QED) is 0.437. The molecule has 2 rings (SSSR count). The number of carbonyl (C=O) groups excluding carboxylic acids is 2. The van der Waals surface area contributed by atoms with Crippen molar-refractivity contribution in [2.24, 2.45) is 10.2 Å². The first-order valence-electron chi connectivity index (χ1n) is 7.23. The molecule has 0 aromatic heterocycles. The summed E-state index contributed by atoms with van der Waals surface area (Å²) < 4.78 is 15.4. The molecule has 1 amide bonds. The minimum absolute atomic E-state index is 0.109. The molecule has 1 aromatic rings. The van der Waals surface area contributed by atoms with E-state index in [0.717, 1.165) is 0 Å². The molecule has 0 bridgehead atoms. The van der Waals surface area contributed by atoms with Gasteiger partial charge in [0.2, 0.25) is 5.91 Å². The van der Waals surface area contributed by atoms with E-state index in [9.17, 15) is 9.59 Å². The molecule has 0 saturated carbocycles. The number of amidine groups is 1. The highest BCUT2D eigenvalue weighted by Gasteiger charge is 2.16. The highest BCUT2D eigenvalue weighted by atomic mass is 35.5. The fourth-order valence-corrected chi connectivity index (χ4v) is 2.62. The second-order valence-electron chi connectivity index (χ2n) is 4.60. The van der Waals surface area contributed by atoms with Crippen molar-refractivity contribution in [2.75, 3.05) is 26.1 Å². The van der Waals surface area contributed by atoms with Crippen LogP contribution in [0.15, 0.2) is 22.3 Å². The number of halogens is 1. The molecule has 134 valence electrons. The van der Waals surface area contributed by atoms with E-state index in [4.69, 9.17) is 25.8 Å². The third-order valence-electron chi connectivity index (χ3n) is 2.87. The summed E-state index contributed by atoms with van der Waals surface area (Å²) in [6, 6.07) is 3.12. The normalized spacial score (nSPS) is 15.5.